The van der Waals surface area contributed by atoms with E-state index in [1.165, 1.54) is 27.4 Å². The number of hydrogen-bond donors (Lipinski definition) is 2. The number of nitro groups is 2. The molecule has 55 heavy (non-hydrogen) atoms. The largest absolute Gasteiger partial charge is 0.495 e. The van der Waals surface area contributed by atoms with E-state index in [2.05, 4.69) is 5.32 Å². The number of alkyl halides is 6. The van der Waals surface area contributed by atoms with Gasteiger partial charge in [-0.2, -0.15) is 26.3 Å². The molecule has 0 spiro atoms. The molecule has 3 aliphatic heterocycles. The predicted octanol–water partition coefficient (Wildman–Crippen LogP) is 5.02. The normalized spacial score (nSPS) is 14.7. The van der Waals surface area contributed by atoms with Gasteiger partial charge in [-0.25, -0.2) is 0 Å². The van der Waals surface area contributed by atoms with Crippen LogP contribution in [0.2, 0.25) is 0 Å². The number of nitro benzene ring substituents is 2. The minimum absolute atomic E-state index is 0.0401. The molecule has 3 aromatic rings. The molecule has 298 valence electrons. The highest BCUT2D eigenvalue weighted by molar-refractivity contribution is 5.82. The van der Waals surface area contributed by atoms with Gasteiger partial charge in [0.15, 0.2) is 11.5 Å². The Kier molecular flexibility index (Phi) is 13.0. The Morgan fingerprint density at radius 2 is 1.05 bits per heavy atom. The third-order valence-electron chi connectivity index (χ3n) is 8.92. The van der Waals surface area contributed by atoms with Crippen LogP contribution in [0.5, 0.6) is 17.2 Å². The zero-order valence-electron chi connectivity index (χ0n) is 29.6. The summed E-state index contributed by atoms with van der Waals surface area (Å²) in [6.45, 7) is 1.17. The zero-order chi connectivity index (χ0) is 40.8. The van der Waals surface area contributed by atoms with Crippen molar-refractivity contribution in [1.29, 1.82) is 0 Å². The summed E-state index contributed by atoms with van der Waals surface area (Å²) < 4.78 is 89.3. The van der Waals surface area contributed by atoms with Gasteiger partial charge >= 0.3 is 35.5 Å². The monoisotopic (exact) mass is 786 g/mol. The molecule has 0 aromatic heterocycles. The van der Waals surface area contributed by atoms with E-state index in [1.807, 2.05) is 0 Å². The molecule has 3 heterocycles. The summed E-state index contributed by atoms with van der Waals surface area (Å²) in [5.74, 6) is -2.86. The average Bonchev–Trinajstić information content (AvgIpc) is 3.15. The van der Waals surface area contributed by atoms with E-state index in [0.717, 1.165) is 40.6 Å². The number of nitrogens with one attached hydrogen (secondary N) is 1. The van der Waals surface area contributed by atoms with Crippen LogP contribution >= 0.6 is 0 Å². The van der Waals surface area contributed by atoms with Crippen molar-refractivity contribution in [3.63, 3.8) is 0 Å². The van der Waals surface area contributed by atoms with Gasteiger partial charge < -0.3 is 35.1 Å². The van der Waals surface area contributed by atoms with E-state index >= 15 is 0 Å². The first-order valence-corrected chi connectivity index (χ1v) is 16.4. The molecule has 2 amide bonds. The fourth-order valence-corrected chi connectivity index (χ4v) is 6.17. The van der Waals surface area contributed by atoms with E-state index in [9.17, 15) is 56.2 Å². The molecule has 0 saturated heterocycles. The van der Waals surface area contributed by atoms with Crippen molar-refractivity contribution in [2.24, 2.45) is 0 Å². The Balaban J connectivity index is 0.000000186. The van der Waals surface area contributed by atoms with Crippen LogP contribution in [0.1, 0.15) is 33.4 Å². The van der Waals surface area contributed by atoms with Crippen LogP contribution in [0.4, 0.5) is 43.4 Å². The second kappa shape index (κ2) is 17.1. The van der Waals surface area contributed by atoms with Crippen molar-refractivity contribution in [3.05, 3.63) is 90.0 Å². The van der Waals surface area contributed by atoms with Gasteiger partial charge in [-0.15, -0.1) is 0 Å². The molecule has 3 N–H and O–H groups in total. The Morgan fingerprint density at radius 1 is 0.655 bits per heavy atom. The van der Waals surface area contributed by atoms with Gasteiger partial charge in [0.2, 0.25) is 0 Å². The molecular formula is C34H36F6N6O9. The summed E-state index contributed by atoms with van der Waals surface area (Å²) in [5.41, 5.74) is 10.4. The number of anilines is 1. The summed E-state index contributed by atoms with van der Waals surface area (Å²) in [6, 6.07) is 9.23. The van der Waals surface area contributed by atoms with Crippen LogP contribution in [0.15, 0.2) is 36.4 Å². The van der Waals surface area contributed by atoms with Crippen LogP contribution in [0.25, 0.3) is 0 Å². The lowest BCUT2D eigenvalue weighted by molar-refractivity contribution is -0.386. The van der Waals surface area contributed by atoms with Gasteiger partial charge in [-0.3, -0.25) is 29.8 Å². The number of benzene rings is 3. The maximum absolute atomic E-state index is 12.4. The molecule has 0 radical (unpaired) electrons. The summed E-state index contributed by atoms with van der Waals surface area (Å²) >= 11 is 0. The number of nitrogen functional groups attached to an aromatic ring is 1. The number of hydrogen-bond acceptors (Lipinski definition) is 11. The Bertz CT molecular complexity index is 1960. The van der Waals surface area contributed by atoms with Crippen LogP contribution < -0.4 is 25.3 Å². The minimum atomic E-state index is -4.95. The van der Waals surface area contributed by atoms with Crippen molar-refractivity contribution in [3.8, 4) is 17.2 Å². The number of rotatable bonds is 5. The number of nitrogens with zero attached hydrogens (tertiary/aromatic N) is 4. The lowest BCUT2D eigenvalue weighted by Crippen LogP contribution is -2.43. The molecule has 3 aromatic carbocycles. The molecular weight excluding hydrogens is 750 g/mol. The van der Waals surface area contributed by atoms with Gasteiger partial charge in [-0.05, 0) is 83.5 Å². The van der Waals surface area contributed by atoms with Gasteiger partial charge in [0, 0.05) is 44.9 Å². The topological polar surface area (TPSA) is 193 Å². The first-order chi connectivity index (χ1) is 25.8. The van der Waals surface area contributed by atoms with Crippen LogP contribution in [-0.2, 0) is 48.5 Å². The highest BCUT2D eigenvalue weighted by Gasteiger charge is 2.44. The number of ether oxygens (including phenoxy) is 3. The number of carbonyl (C=O) groups excluding carboxylic acids is 2. The first kappa shape index (κ1) is 41.9. The second-order valence-corrected chi connectivity index (χ2v) is 12.3. The molecule has 15 nitrogen and oxygen atoms in total. The van der Waals surface area contributed by atoms with Crippen molar-refractivity contribution in [1.82, 2.24) is 15.1 Å². The Morgan fingerprint density at radius 3 is 1.47 bits per heavy atom. The van der Waals surface area contributed by atoms with Crippen LogP contribution in [-0.4, -0.2) is 84.8 Å². The van der Waals surface area contributed by atoms with Crippen LogP contribution in [0, 0.1) is 20.2 Å². The molecule has 0 unspecified atom stereocenters. The fraction of sp³-hybridized carbons (Fsp3) is 0.412. The molecule has 0 saturated carbocycles. The number of nitrogens with two attached hydrogens (primary N) is 1. The van der Waals surface area contributed by atoms with E-state index in [0.29, 0.717) is 51.7 Å². The van der Waals surface area contributed by atoms with Gasteiger partial charge in [0.25, 0.3) is 0 Å². The predicted molar refractivity (Wildman–Crippen MR) is 182 cm³/mol. The van der Waals surface area contributed by atoms with Gasteiger partial charge in [0.05, 0.1) is 36.9 Å². The quantitative estimate of drug-likeness (QED) is 0.153. The molecule has 3 aliphatic rings. The molecule has 0 bridgehead atoms. The highest BCUT2D eigenvalue weighted by Crippen LogP contribution is 2.35. The molecule has 0 fully saturated rings. The SMILES string of the molecule is COc1cc2c(cc1N)CN(C(=O)C(F)(F)F)CC2.COc1cc2c(cc1[N+](=O)[O-])CN(C(=O)C(F)(F)F)CC2.COc1cc2c(cc1[N+](=O)[O-])CNCC2. The molecule has 21 heteroatoms. The highest BCUT2D eigenvalue weighted by atomic mass is 19.4. The summed E-state index contributed by atoms with van der Waals surface area (Å²) in [5, 5.41) is 24.9. The second-order valence-electron chi connectivity index (χ2n) is 12.3. The van der Waals surface area contributed by atoms with Gasteiger partial charge in [0.1, 0.15) is 5.75 Å². The number of carbonyl (C=O) groups is 2. The third-order valence-corrected chi connectivity index (χ3v) is 8.92. The minimum Gasteiger partial charge on any atom is -0.495 e. The van der Waals surface area contributed by atoms with E-state index < -0.39 is 34.0 Å². The maximum atomic E-state index is 12.4. The number of amides is 2. The van der Waals surface area contributed by atoms with Crippen LogP contribution in [0.3, 0.4) is 0 Å². The van der Waals surface area contributed by atoms with E-state index in [4.69, 9.17) is 19.9 Å². The van der Waals surface area contributed by atoms with Gasteiger partial charge in [-0.1, -0.05) is 0 Å². The summed E-state index contributed by atoms with van der Waals surface area (Å²) in [4.78, 5) is 44.4. The summed E-state index contributed by atoms with van der Waals surface area (Å²) in [7, 11) is 4.20. The zero-order valence-corrected chi connectivity index (χ0v) is 29.6. The average molecular weight is 787 g/mol. The Hall–Kier alpha value is -5.86. The Labute approximate surface area is 309 Å². The number of methoxy groups -OCH3 is 3. The summed E-state index contributed by atoms with van der Waals surface area (Å²) in [6.07, 6.45) is -8.35. The van der Waals surface area contributed by atoms with Crippen molar-refractivity contribution < 1.29 is 60.0 Å². The lowest BCUT2D eigenvalue weighted by Gasteiger charge is -2.30. The standard InChI is InChI=1S/C12H11F3N2O4.C12H13F3N2O2.C10H12N2O3/c1-21-10-5-7-2-3-16(11(18)12(13,14)15)6-8(7)4-9(10)17(19)20;1-19-10-5-7-2-3-17(11(18)12(13,14)15)6-8(7)4-9(10)16;1-15-10-5-7-2-3-11-6-8(7)4-9(10)12(13)14/h4-5H,2-3,6H2,1H3;4-5H,2-3,6,16H2,1H3;4-5,11H,2-3,6H2,1H3. The first-order valence-electron chi connectivity index (χ1n) is 16.4. The molecule has 0 aliphatic carbocycles. The van der Waals surface area contributed by atoms with Crippen molar-refractivity contribution in [2.75, 3.05) is 46.7 Å². The fourth-order valence-electron chi connectivity index (χ4n) is 6.17. The smallest absolute Gasteiger partial charge is 0.471 e. The van der Waals surface area contributed by atoms with E-state index in [1.54, 1.807) is 24.3 Å². The number of fused-ring (bicyclic) bond motifs is 3. The molecule has 6 rings (SSSR count). The number of halogens is 6. The lowest BCUT2D eigenvalue weighted by atomic mass is 9.98. The van der Waals surface area contributed by atoms with Crippen molar-refractivity contribution >= 4 is 28.9 Å². The maximum Gasteiger partial charge on any atom is 0.471 e. The molecule has 0 atom stereocenters. The van der Waals surface area contributed by atoms with Crippen molar-refractivity contribution in [2.45, 2.75) is 51.2 Å². The van der Waals surface area contributed by atoms with E-state index in [-0.39, 0.29) is 49.7 Å². The third kappa shape index (κ3) is 10.0.